The molecule has 3 rings (SSSR count). The van der Waals surface area contributed by atoms with Gasteiger partial charge < -0.3 is 9.30 Å². The van der Waals surface area contributed by atoms with Crippen LogP contribution in [-0.4, -0.2) is 23.1 Å². The summed E-state index contributed by atoms with van der Waals surface area (Å²) in [5.74, 6) is -0.883. The van der Waals surface area contributed by atoms with Gasteiger partial charge in [0, 0.05) is 11.0 Å². The van der Waals surface area contributed by atoms with Crippen LogP contribution in [0.5, 0.6) is 0 Å². The summed E-state index contributed by atoms with van der Waals surface area (Å²) in [7, 11) is 0. The van der Waals surface area contributed by atoms with E-state index in [1.54, 1.807) is 29.7 Å². The second-order valence-corrected chi connectivity index (χ2v) is 8.06. The minimum absolute atomic E-state index is 0.116. The van der Waals surface area contributed by atoms with Crippen molar-refractivity contribution in [2.45, 2.75) is 13.5 Å². The molecular weight excluding hydrogens is 427 g/mol. The third kappa shape index (κ3) is 4.68. The summed E-state index contributed by atoms with van der Waals surface area (Å²) < 4.78 is 7.35. The Balaban J connectivity index is 2.06. The van der Waals surface area contributed by atoms with E-state index < -0.39 is 11.9 Å². The van der Waals surface area contributed by atoms with Gasteiger partial charge in [0.1, 0.15) is 6.54 Å². The Morgan fingerprint density at radius 3 is 2.81 bits per heavy atom. The fourth-order valence-corrected chi connectivity index (χ4v) is 4.48. The molecule has 1 aromatic carbocycles. The summed E-state index contributed by atoms with van der Waals surface area (Å²) in [6.45, 7) is 1.86. The Morgan fingerprint density at radius 2 is 2.11 bits per heavy atom. The number of rotatable bonds is 5. The van der Waals surface area contributed by atoms with E-state index in [1.165, 1.54) is 28.7 Å². The first-order valence-corrected chi connectivity index (χ1v) is 10.4. The zero-order chi connectivity index (χ0) is 19.4. The number of fused-ring (bicyclic) bond motifs is 1. The van der Waals surface area contributed by atoms with E-state index in [-0.39, 0.29) is 13.2 Å². The fourth-order valence-electron chi connectivity index (χ4n) is 2.34. The van der Waals surface area contributed by atoms with E-state index in [1.807, 2.05) is 17.5 Å². The Kier molecular flexibility index (Phi) is 6.49. The van der Waals surface area contributed by atoms with Crippen molar-refractivity contribution in [2.24, 2.45) is 4.99 Å². The number of halogens is 2. The Hall–Kier alpha value is -1.93. The van der Waals surface area contributed by atoms with Gasteiger partial charge in [0.15, 0.2) is 4.80 Å². The molecule has 0 radical (unpaired) electrons. The molecule has 0 unspecified atom stereocenters. The first-order valence-electron chi connectivity index (χ1n) is 7.93. The van der Waals surface area contributed by atoms with Gasteiger partial charge in [-0.1, -0.05) is 40.6 Å². The quantitative estimate of drug-likeness (QED) is 0.423. The topological polar surface area (TPSA) is 60.7 Å². The maximum Gasteiger partial charge on any atom is 0.326 e. The largest absolute Gasteiger partial charge is 0.465 e. The number of carbonyl (C=O) groups is 2. The number of benzene rings is 1. The van der Waals surface area contributed by atoms with E-state index >= 15 is 0 Å². The van der Waals surface area contributed by atoms with Crippen molar-refractivity contribution in [1.29, 1.82) is 0 Å². The van der Waals surface area contributed by atoms with E-state index in [4.69, 9.17) is 27.9 Å². The normalized spacial score (nSPS) is 12.2. The highest BCUT2D eigenvalue weighted by atomic mass is 35.5. The summed E-state index contributed by atoms with van der Waals surface area (Å²) in [4.78, 5) is 29.7. The van der Waals surface area contributed by atoms with Crippen LogP contribution in [0, 0.1) is 0 Å². The highest BCUT2D eigenvalue weighted by Gasteiger charge is 2.16. The van der Waals surface area contributed by atoms with E-state index in [9.17, 15) is 9.59 Å². The molecule has 0 atom stereocenters. The molecule has 0 aliphatic rings. The van der Waals surface area contributed by atoms with Crippen molar-refractivity contribution < 1.29 is 14.3 Å². The molecule has 0 saturated heterocycles. The second-order valence-electron chi connectivity index (χ2n) is 5.28. The zero-order valence-corrected chi connectivity index (χ0v) is 17.3. The van der Waals surface area contributed by atoms with Gasteiger partial charge in [0.05, 0.1) is 26.9 Å². The Labute approximate surface area is 173 Å². The number of ether oxygens (including phenoxy) is 1. The first-order chi connectivity index (χ1) is 13.0. The molecule has 3 aromatic rings. The number of esters is 1. The molecule has 0 aliphatic heterocycles. The van der Waals surface area contributed by atoms with Crippen molar-refractivity contribution in [3.05, 3.63) is 55.4 Å². The van der Waals surface area contributed by atoms with Gasteiger partial charge >= 0.3 is 5.97 Å². The SMILES string of the molecule is CCOC(=O)Cn1c(=NC(=O)C=Cc2cccs2)sc2ccc(Cl)c(Cl)c21. The Bertz CT molecular complexity index is 1080. The maximum absolute atomic E-state index is 12.3. The molecule has 2 aromatic heterocycles. The number of hydrogen-bond donors (Lipinski definition) is 0. The summed E-state index contributed by atoms with van der Waals surface area (Å²) in [5.41, 5.74) is 0.552. The number of thiazole rings is 1. The molecule has 27 heavy (non-hydrogen) atoms. The van der Waals surface area contributed by atoms with Crippen LogP contribution in [0.2, 0.25) is 10.0 Å². The van der Waals surface area contributed by atoms with Crippen molar-refractivity contribution >= 4 is 74.0 Å². The molecule has 0 spiro atoms. The van der Waals surface area contributed by atoms with Gasteiger partial charge in [-0.25, -0.2) is 0 Å². The predicted octanol–water partition coefficient (Wildman–Crippen LogP) is 4.77. The molecule has 140 valence electrons. The second kappa shape index (κ2) is 8.84. The maximum atomic E-state index is 12.3. The van der Waals surface area contributed by atoms with Crippen LogP contribution in [-0.2, 0) is 20.9 Å². The molecule has 2 heterocycles. The molecule has 0 fully saturated rings. The van der Waals surface area contributed by atoms with Crippen molar-refractivity contribution in [3.8, 4) is 0 Å². The van der Waals surface area contributed by atoms with Gasteiger partial charge in [-0.05, 0) is 36.6 Å². The lowest BCUT2D eigenvalue weighted by atomic mass is 10.3. The van der Waals surface area contributed by atoms with Crippen molar-refractivity contribution in [1.82, 2.24) is 4.57 Å². The number of hydrogen-bond acceptors (Lipinski definition) is 5. The number of amides is 1. The van der Waals surface area contributed by atoms with Crippen LogP contribution in [0.25, 0.3) is 16.3 Å². The molecular formula is C18H14Cl2N2O3S2. The molecule has 9 heteroatoms. The summed E-state index contributed by atoms with van der Waals surface area (Å²) in [6.07, 6.45) is 3.09. The lowest BCUT2D eigenvalue weighted by Gasteiger charge is -2.06. The number of carbonyl (C=O) groups excluding carboxylic acids is 2. The van der Waals surface area contributed by atoms with Crippen LogP contribution in [0.4, 0.5) is 0 Å². The molecule has 0 saturated carbocycles. The standard InChI is InChI=1S/C18H14Cl2N2O3S2/c1-2-25-15(24)10-22-17-13(7-6-12(19)16(17)20)27-18(22)21-14(23)8-5-11-4-3-9-26-11/h3-9H,2,10H2,1H3. The minimum atomic E-state index is -0.448. The van der Waals surface area contributed by atoms with E-state index in [0.29, 0.717) is 20.4 Å². The zero-order valence-electron chi connectivity index (χ0n) is 14.1. The van der Waals surface area contributed by atoms with E-state index in [0.717, 1.165) is 9.58 Å². The number of aromatic nitrogens is 1. The lowest BCUT2D eigenvalue weighted by molar-refractivity contribution is -0.143. The molecule has 5 nitrogen and oxygen atoms in total. The third-order valence-corrected chi connectivity index (χ3v) is 6.14. The van der Waals surface area contributed by atoms with Crippen LogP contribution in [0.1, 0.15) is 11.8 Å². The molecule has 0 bridgehead atoms. The first kappa shape index (κ1) is 19.8. The van der Waals surface area contributed by atoms with Gasteiger partial charge in [0.25, 0.3) is 5.91 Å². The summed E-state index contributed by atoms with van der Waals surface area (Å²) in [6, 6.07) is 7.24. The average Bonchev–Trinajstić information content (AvgIpc) is 3.26. The average molecular weight is 441 g/mol. The van der Waals surface area contributed by atoms with Gasteiger partial charge in [-0.3, -0.25) is 9.59 Å². The van der Waals surface area contributed by atoms with Crippen molar-refractivity contribution in [2.75, 3.05) is 6.61 Å². The highest BCUT2D eigenvalue weighted by molar-refractivity contribution is 7.16. The van der Waals surface area contributed by atoms with E-state index in [2.05, 4.69) is 4.99 Å². The fraction of sp³-hybridized carbons (Fsp3) is 0.167. The van der Waals surface area contributed by atoms with Crippen LogP contribution < -0.4 is 4.80 Å². The van der Waals surface area contributed by atoms with Gasteiger partial charge in [-0.15, -0.1) is 11.3 Å². The van der Waals surface area contributed by atoms with Crippen molar-refractivity contribution in [3.63, 3.8) is 0 Å². The minimum Gasteiger partial charge on any atom is -0.465 e. The van der Waals surface area contributed by atoms with Crippen LogP contribution in [0.3, 0.4) is 0 Å². The number of thiophene rings is 1. The third-order valence-electron chi connectivity index (χ3n) is 3.47. The highest BCUT2D eigenvalue weighted by Crippen LogP contribution is 2.32. The van der Waals surface area contributed by atoms with Gasteiger partial charge in [-0.2, -0.15) is 4.99 Å². The Morgan fingerprint density at radius 1 is 1.30 bits per heavy atom. The van der Waals surface area contributed by atoms with Gasteiger partial charge in [0.2, 0.25) is 0 Å². The molecule has 0 N–H and O–H groups in total. The lowest BCUT2D eigenvalue weighted by Crippen LogP contribution is -2.23. The summed E-state index contributed by atoms with van der Waals surface area (Å²) >= 11 is 15.2. The molecule has 1 amide bonds. The predicted molar refractivity (Wildman–Crippen MR) is 110 cm³/mol. The van der Waals surface area contributed by atoms with Crippen LogP contribution >= 0.6 is 45.9 Å². The molecule has 0 aliphatic carbocycles. The monoisotopic (exact) mass is 440 g/mol. The smallest absolute Gasteiger partial charge is 0.326 e. The van der Waals surface area contributed by atoms with Crippen LogP contribution in [0.15, 0.2) is 40.7 Å². The summed E-state index contributed by atoms with van der Waals surface area (Å²) in [5, 5.41) is 2.58. The number of nitrogens with zero attached hydrogens (tertiary/aromatic N) is 2.